The molecule has 1 fully saturated rings. The number of ether oxygens (including phenoxy) is 1. The molecule has 2 rings (SSSR count). The Morgan fingerprint density at radius 1 is 1.43 bits per heavy atom. The Hall–Kier alpha value is -1.56. The van der Waals surface area contributed by atoms with Crippen molar-refractivity contribution in [3.8, 4) is 0 Å². The number of aromatic nitrogens is 2. The first-order valence-electron chi connectivity index (χ1n) is 7.82. The molecule has 0 aromatic carbocycles. The molecule has 1 aliphatic rings. The predicted molar refractivity (Wildman–Crippen MR) is 81.1 cm³/mol. The molecule has 2 heterocycles. The molecule has 6 nitrogen and oxygen atoms in total. The molecule has 1 N–H and O–H groups in total. The molecular formula is C15H26N4O2. The molecule has 0 saturated carbocycles. The van der Waals surface area contributed by atoms with Crippen LogP contribution in [0.25, 0.3) is 0 Å². The van der Waals surface area contributed by atoms with Crippen LogP contribution >= 0.6 is 0 Å². The summed E-state index contributed by atoms with van der Waals surface area (Å²) in [5.41, 5.74) is 2.29. The lowest BCUT2D eigenvalue weighted by molar-refractivity contribution is 0.0949. The van der Waals surface area contributed by atoms with Crippen LogP contribution in [0.4, 0.5) is 4.79 Å². The average molecular weight is 294 g/mol. The molecule has 0 atom stereocenters. The van der Waals surface area contributed by atoms with E-state index in [2.05, 4.69) is 23.4 Å². The van der Waals surface area contributed by atoms with Crippen LogP contribution in [0.1, 0.15) is 38.1 Å². The maximum Gasteiger partial charge on any atom is 0.409 e. The first kappa shape index (κ1) is 15.8. The highest BCUT2D eigenvalue weighted by Crippen LogP contribution is 2.13. The minimum absolute atomic E-state index is 0.185. The van der Waals surface area contributed by atoms with E-state index in [0.29, 0.717) is 12.6 Å². The van der Waals surface area contributed by atoms with Gasteiger partial charge in [0.25, 0.3) is 0 Å². The van der Waals surface area contributed by atoms with Crippen LogP contribution in [0, 0.1) is 6.92 Å². The second-order valence-corrected chi connectivity index (χ2v) is 5.43. The third-order valence-corrected chi connectivity index (χ3v) is 3.88. The number of aryl methyl sites for hydroxylation is 2. The summed E-state index contributed by atoms with van der Waals surface area (Å²) in [5.74, 6) is 0. The summed E-state index contributed by atoms with van der Waals surface area (Å²) in [6.45, 7) is 9.67. The van der Waals surface area contributed by atoms with Gasteiger partial charge < -0.3 is 15.0 Å². The summed E-state index contributed by atoms with van der Waals surface area (Å²) in [6, 6.07) is 2.58. The van der Waals surface area contributed by atoms with Crippen molar-refractivity contribution in [2.45, 2.75) is 52.7 Å². The third-order valence-electron chi connectivity index (χ3n) is 3.88. The number of nitrogens with zero attached hydrogens (tertiary/aromatic N) is 3. The number of carbonyl (C=O) groups excluding carboxylic acids is 1. The lowest BCUT2D eigenvalue weighted by Crippen LogP contribution is -2.45. The minimum Gasteiger partial charge on any atom is -0.450 e. The zero-order valence-electron chi connectivity index (χ0n) is 13.3. The molecule has 0 spiro atoms. The van der Waals surface area contributed by atoms with E-state index in [-0.39, 0.29) is 6.09 Å². The van der Waals surface area contributed by atoms with E-state index in [9.17, 15) is 4.79 Å². The number of carbonyl (C=O) groups is 1. The second kappa shape index (κ2) is 7.45. The molecule has 1 aromatic rings. The monoisotopic (exact) mass is 294 g/mol. The maximum absolute atomic E-state index is 11.6. The molecule has 1 aromatic heterocycles. The van der Waals surface area contributed by atoms with Gasteiger partial charge in [0.2, 0.25) is 0 Å². The smallest absolute Gasteiger partial charge is 0.409 e. The van der Waals surface area contributed by atoms with E-state index in [1.807, 2.05) is 18.5 Å². The Morgan fingerprint density at radius 2 is 2.14 bits per heavy atom. The standard InChI is InChI=1S/C15H26N4O2/c1-4-19-14(10-12(3)17-19)11-16-13-6-8-18(9-7-13)15(20)21-5-2/h10,13,16H,4-9,11H2,1-3H3. The van der Waals surface area contributed by atoms with Crippen LogP contribution in [0.15, 0.2) is 6.07 Å². The number of hydrogen-bond acceptors (Lipinski definition) is 4. The van der Waals surface area contributed by atoms with Crippen LogP contribution in [0.5, 0.6) is 0 Å². The summed E-state index contributed by atoms with van der Waals surface area (Å²) in [6.07, 6.45) is 1.76. The zero-order valence-corrected chi connectivity index (χ0v) is 13.3. The molecule has 1 amide bonds. The van der Waals surface area contributed by atoms with E-state index < -0.39 is 0 Å². The minimum atomic E-state index is -0.185. The number of piperidine rings is 1. The van der Waals surface area contributed by atoms with E-state index in [1.54, 1.807) is 4.90 Å². The van der Waals surface area contributed by atoms with Crippen molar-refractivity contribution in [2.24, 2.45) is 0 Å². The second-order valence-electron chi connectivity index (χ2n) is 5.43. The normalized spacial score (nSPS) is 16.2. The van der Waals surface area contributed by atoms with Crippen molar-refractivity contribution in [1.82, 2.24) is 20.0 Å². The van der Waals surface area contributed by atoms with Crippen molar-refractivity contribution in [1.29, 1.82) is 0 Å². The number of nitrogens with one attached hydrogen (secondary N) is 1. The topological polar surface area (TPSA) is 59.4 Å². The lowest BCUT2D eigenvalue weighted by atomic mass is 10.1. The highest BCUT2D eigenvalue weighted by atomic mass is 16.6. The van der Waals surface area contributed by atoms with Gasteiger partial charge in [0.1, 0.15) is 0 Å². The third kappa shape index (κ3) is 4.20. The summed E-state index contributed by atoms with van der Waals surface area (Å²) in [5, 5.41) is 8.03. The highest BCUT2D eigenvalue weighted by molar-refractivity contribution is 5.67. The van der Waals surface area contributed by atoms with Gasteiger partial charge in [-0.3, -0.25) is 4.68 Å². The SMILES string of the molecule is CCOC(=O)N1CCC(NCc2cc(C)nn2CC)CC1. The predicted octanol–water partition coefficient (Wildman–Crippen LogP) is 1.92. The van der Waals surface area contributed by atoms with Crippen LogP contribution in [-0.4, -0.2) is 46.5 Å². The van der Waals surface area contributed by atoms with Crippen molar-refractivity contribution in [2.75, 3.05) is 19.7 Å². The summed E-state index contributed by atoms with van der Waals surface area (Å²) in [7, 11) is 0. The van der Waals surface area contributed by atoms with Crippen molar-refractivity contribution >= 4 is 6.09 Å². The first-order valence-corrected chi connectivity index (χ1v) is 7.82. The summed E-state index contributed by atoms with van der Waals surface area (Å²) >= 11 is 0. The van der Waals surface area contributed by atoms with Crippen LogP contribution in [0.2, 0.25) is 0 Å². The Labute approximate surface area is 126 Å². The molecule has 0 bridgehead atoms. The van der Waals surface area contributed by atoms with Crippen LogP contribution in [-0.2, 0) is 17.8 Å². The van der Waals surface area contributed by atoms with Gasteiger partial charge in [0.15, 0.2) is 0 Å². The van der Waals surface area contributed by atoms with Crippen LogP contribution < -0.4 is 5.32 Å². The van der Waals surface area contributed by atoms with E-state index >= 15 is 0 Å². The molecule has 21 heavy (non-hydrogen) atoms. The number of rotatable bonds is 5. The van der Waals surface area contributed by atoms with Gasteiger partial charge in [-0.25, -0.2) is 4.79 Å². The van der Waals surface area contributed by atoms with Gasteiger partial charge in [-0.1, -0.05) is 0 Å². The van der Waals surface area contributed by atoms with Gasteiger partial charge in [-0.15, -0.1) is 0 Å². The van der Waals surface area contributed by atoms with Gasteiger partial charge in [0.05, 0.1) is 18.0 Å². The Morgan fingerprint density at radius 3 is 2.76 bits per heavy atom. The average Bonchev–Trinajstić information content (AvgIpc) is 2.86. The lowest BCUT2D eigenvalue weighted by Gasteiger charge is -2.31. The van der Waals surface area contributed by atoms with Crippen LogP contribution in [0.3, 0.4) is 0 Å². The van der Waals surface area contributed by atoms with E-state index in [0.717, 1.165) is 44.7 Å². The van der Waals surface area contributed by atoms with E-state index in [4.69, 9.17) is 4.74 Å². The number of likely N-dealkylation sites (tertiary alicyclic amines) is 1. The van der Waals surface area contributed by atoms with Gasteiger partial charge in [0, 0.05) is 32.2 Å². The molecule has 6 heteroatoms. The van der Waals surface area contributed by atoms with Crippen molar-refractivity contribution in [3.05, 3.63) is 17.5 Å². The molecule has 1 saturated heterocycles. The Kier molecular flexibility index (Phi) is 5.61. The van der Waals surface area contributed by atoms with Crippen molar-refractivity contribution < 1.29 is 9.53 Å². The quantitative estimate of drug-likeness (QED) is 0.901. The Bertz CT molecular complexity index is 464. The molecule has 1 aliphatic heterocycles. The van der Waals surface area contributed by atoms with Gasteiger partial charge >= 0.3 is 6.09 Å². The zero-order chi connectivity index (χ0) is 15.2. The fraction of sp³-hybridized carbons (Fsp3) is 0.733. The number of amides is 1. The van der Waals surface area contributed by atoms with Crippen molar-refractivity contribution in [3.63, 3.8) is 0 Å². The highest BCUT2D eigenvalue weighted by Gasteiger charge is 2.23. The van der Waals surface area contributed by atoms with Gasteiger partial charge in [-0.05, 0) is 39.7 Å². The fourth-order valence-corrected chi connectivity index (χ4v) is 2.75. The van der Waals surface area contributed by atoms with E-state index in [1.165, 1.54) is 5.69 Å². The molecule has 0 aliphatic carbocycles. The molecule has 0 unspecified atom stereocenters. The van der Waals surface area contributed by atoms with Gasteiger partial charge in [-0.2, -0.15) is 5.10 Å². The fourth-order valence-electron chi connectivity index (χ4n) is 2.75. The molecule has 118 valence electrons. The summed E-state index contributed by atoms with van der Waals surface area (Å²) < 4.78 is 7.07. The molecule has 0 radical (unpaired) electrons. The first-order chi connectivity index (χ1) is 10.1. The number of hydrogen-bond donors (Lipinski definition) is 1. The maximum atomic E-state index is 11.6. The largest absolute Gasteiger partial charge is 0.450 e. The summed E-state index contributed by atoms with van der Waals surface area (Å²) in [4.78, 5) is 13.4. The Balaban J connectivity index is 1.77. The molecular weight excluding hydrogens is 268 g/mol.